The highest BCUT2D eigenvalue weighted by Crippen LogP contribution is 2.32. The molecule has 10 nitrogen and oxygen atoms in total. The van der Waals surface area contributed by atoms with Crippen molar-refractivity contribution in [3.05, 3.63) is 36.4 Å². The number of anilines is 2. The number of carbonyl (C=O) groups excluding carboxylic acids is 1. The molecule has 2 atom stereocenters. The Labute approximate surface area is 187 Å². The molecule has 4 aromatic rings. The number of H-pyrrole nitrogens is 1. The van der Waals surface area contributed by atoms with Crippen LogP contribution in [0.15, 0.2) is 30.6 Å². The third-order valence-electron chi connectivity index (χ3n) is 5.96. The summed E-state index contributed by atoms with van der Waals surface area (Å²) in [7, 11) is 0. The first-order valence-electron chi connectivity index (χ1n) is 10.7. The number of hydrogen-bond donors (Lipinski definition) is 4. The number of carbonyl (C=O) groups is 2. The molecule has 1 fully saturated rings. The number of aromatic nitrogens is 5. The van der Waals surface area contributed by atoms with Crippen molar-refractivity contribution in [1.29, 1.82) is 0 Å². The minimum absolute atomic E-state index is 0.263. The Balaban J connectivity index is 1.66. The molecule has 1 aliphatic rings. The average molecular weight is 451 g/mol. The molecule has 0 bridgehead atoms. The largest absolute Gasteiger partial charge is 0.481 e. The Morgan fingerprint density at radius 1 is 1.27 bits per heavy atom. The molecular weight excluding hydrogens is 429 g/mol. The normalized spacial score (nSPS) is 18.5. The standard InChI is InChI=1S/C22H22FN7O3/c1-11(31)26-18-7-6-17-21(27-16-5-3-2-4-13(16)22(32)33)28-20(29-30(17)18)15-10-25-19-14(15)8-12(23)9-24-19/h6-10,13,16H,2-5H2,1H3,(H,24,25)(H,26,31)(H,32,33)(H,27,28,29)/t13-,16?/m0/s1. The molecule has 11 heteroatoms. The van der Waals surface area contributed by atoms with Gasteiger partial charge >= 0.3 is 5.97 Å². The summed E-state index contributed by atoms with van der Waals surface area (Å²) in [6.07, 6.45) is 5.84. The maximum atomic E-state index is 13.9. The van der Waals surface area contributed by atoms with Gasteiger partial charge in [0.15, 0.2) is 11.6 Å². The van der Waals surface area contributed by atoms with Crippen LogP contribution in [0.2, 0.25) is 0 Å². The molecule has 1 saturated carbocycles. The van der Waals surface area contributed by atoms with Crippen molar-refractivity contribution in [3.63, 3.8) is 0 Å². The molecule has 0 saturated heterocycles. The molecule has 1 unspecified atom stereocenters. The third kappa shape index (κ3) is 3.86. The maximum absolute atomic E-state index is 13.9. The highest BCUT2D eigenvalue weighted by atomic mass is 19.1. The van der Waals surface area contributed by atoms with Crippen LogP contribution >= 0.6 is 0 Å². The number of halogens is 1. The van der Waals surface area contributed by atoms with Gasteiger partial charge in [0.1, 0.15) is 22.8 Å². The van der Waals surface area contributed by atoms with Gasteiger partial charge in [-0.3, -0.25) is 9.59 Å². The lowest BCUT2D eigenvalue weighted by molar-refractivity contribution is -0.143. The Morgan fingerprint density at radius 2 is 2.09 bits per heavy atom. The highest BCUT2D eigenvalue weighted by Gasteiger charge is 2.31. The minimum Gasteiger partial charge on any atom is -0.481 e. The molecule has 33 heavy (non-hydrogen) atoms. The van der Waals surface area contributed by atoms with E-state index in [1.54, 1.807) is 18.3 Å². The number of nitrogens with zero attached hydrogens (tertiary/aromatic N) is 4. The first-order valence-corrected chi connectivity index (χ1v) is 10.7. The maximum Gasteiger partial charge on any atom is 0.308 e. The van der Waals surface area contributed by atoms with Gasteiger partial charge in [0.05, 0.1) is 12.1 Å². The second-order valence-corrected chi connectivity index (χ2v) is 8.21. The number of nitrogens with one attached hydrogen (secondary N) is 3. The molecule has 1 amide bonds. The van der Waals surface area contributed by atoms with Crippen LogP contribution < -0.4 is 10.6 Å². The number of amides is 1. The van der Waals surface area contributed by atoms with Crippen molar-refractivity contribution >= 4 is 40.1 Å². The van der Waals surface area contributed by atoms with Crippen molar-refractivity contribution < 1.29 is 19.1 Å². The zero-order chi connectivity index (χ0) is 23.1. The van der Waals surface area contributed by atoms with Crippen LogP contribution in [0.5, 0.6) is 0 Å². The van der Waals surface area contributed by atoms with Gasteiger partial charge in [0.2, 0.25) is 5.91 Å². The van der Waals surface area contributed by atoms with E-state index in [9.17, 15) is 19.1 Å². The SMILES string of the molecule is CC(=O)Nc1ccc2c(NC3CCCC[C@@H]3C(=O)O)nc(-c3c[nH]c4ncc(F)cc34)nn12. The lowest BCUT2D eigenvalue weighted by Gasteiger charge is -2.29. The van der Waals surface area contributed by atoms with Gasteiger partial charge < -0.3 is 20.7 Å². The van der Waals surface area contributed by atoms with E-state index in [0.29, 0.717) is 46.6 Å². The number of carboxylic acid groups (broad SMARTS) is 1. The molecule has 170 valence electrons. The molecular formula is C22H22FN7O3. The van der Waals surface area contributed by atoms with Crippen LogP contribution in [0.1, 0.15) is 32.6 Å². The van der Waals surface area contributed by atoms with E-state index in [-0.39, 0.29) is 17.8 Å². The molecule has 0 aliphatic heterocycles. The van der Waals surface area contributed by atoms with Crippen molar-refractivity contribution in [3.8, 4) is 11.4 Å². The van der Waals surface area contributed by atoms with E-state index < -0.39 is 17.7 Å². The topological polar surface area (TPSA) is 137 Å². The number of rotatable bonds is 5. The quantitative estimate of drug-likeness (QED) is 0.365. The van der Waals surface area contributed by atoms with Gasteiger partial charge in [-0.25, -0.2) is 18.9 Å². The Kier molecular flexibility index (Phi) is 5.15. The first kappa shape index (κ1) is 20.9. The van der Waals surface area contributed by atoms with Gasteiger partial charge in [-0.2, -0.15) is 0 Å². The summed E-state index contributed by atoms with van der Waals surface area (Å²) in [4.78, 5) is 35.2. The van der Waals surface area contributed by atoms with Crippen LogP contribution in [-0.2, 0) is 9.59 Å². The van der Waals surface area contributed by atoms with E-state index in [1.165, 1.54) is 17.5 Å². The molecule has 4 N–H and O–H groups in total. The van der Waals surface area contributed by atoms with E-state index in [0.717, 1.165) is 19.0 Å². The predicted octanol–water partition coefficient (Wildman–Crippen LogP) is 3.43. The second-order valence-electron chi connectivity index (χ2n) is 8.21. The fourth-order valence-electron chi connectivity index (χ4n) is 4.43. The monoisotopic (exact) mass is 451 g/mol. The summed E-state index contributed by atoms with van der Waals surface area (Å²) in [6.45, 7) is 1.40. The highest BCUT2D eigenvalue weighted by molar-refractivity contribution is 5.93. The number of pyridine rings is 1. The van der Waals surface area contributed by atoms with E-state index in [4.69, 9.17) is 0 Å². The summed E-state index contributed by atoms with van der Waals surface area (Å²) >= 11 is 0. The number of hydrogen-bond acceptors (Lipinski definition) is 6. The lowest BCUT2D eigenvalue weighted by atomic mass is 9.84. The molecule has 0 aromatic carbocycles. The summed E-state index contributed by atoms with van der Waals surface area (Å²) in [5, 5.41) is 20.8. The van der Waals surface area contributed by atoms with E-state index in [2.05, 4.69) is 30.7 Å². The van der Waals surface area contributed by atoms with E-state index in [1.807, 2.05) is 0 Å². The number of fused-ring (bicyclic) bond motifs is 2. The van der Waals surface area contributed by atoms with Crippen LogP contribution in [0.25, 0.3) is 27.9 Å². The average Bonchev–Trinajstić information content (AvgIpc) is 3.37. The zero-order valence-corrected chi connectivity index (χ0v) is 17.8. The fourth-order valence-corrected chi connectivity index (χ4v) is 4.43. The molecule has 0 radical (unpaired) electrons. The zero-order valence-electron chi connectivity index (χ0n) is 17.8. The van der Waals surface area contributed by atoms with Crippen molar-refractivity contribution in [2.75, 3.05) is 10.6 Å². The van der Waals surface area contributed by atoms with Gasteiger partial charge in [0.25, 0.3) is 0 Å². The second kappa shape index (κ2) is 8.15. The first-order chi connectivity index (χ1) is 15.9. The Bertz CT molecular complexity index is 1380. The molecule has 4 aromatic heterocycles. The summed E-state index contributed by atoms with van der Waals surface area (Å²) in [5.74, 6) is -0.983. The van der Waals surface area contributed by atoms with E-state index >= 15 is 0 Å². The molecule has 4 heterocycles. The lowest BCUT2D eigenvalue weighted by Crippen LogP contribution is -2.37. The van der Waals surface area contributed by atoms with Gasteiger partial charge in [-0.15, -0.1) is 5.10 Å². The predicted molar refractivity (Wildman–Crippen MR) is 119 cm³/mol. The third-order valence-corrected chi connectivity index (χ3v) is 5.96. The molecule has 1 aliphatic carbocycles. The summed E-state index contributed by atoms with van der Waals surface area (Å²) < 4.78 is 15.4. The summed E-state index contributed by atoms with van der Waals surface area (Å²) in [6, 6.07) is 4.50. The van der Waals surface area contributed by atoms with Crippen molar-refractivity contribution in [2.24, 2.45) is 5.92 Å². The van der Waals surface area contributed by atoms with Gasteiger partial charge in [-0.1, -0.05) is 12.8 Å². The molecule has 0 spiro atoms. The Morgan fingerprint density at radius 3 is 2.88 bits per heavy atom. The van der Waals surface area contributed by atoms with Crippen LogP contribution in [0, 0.1) is 11.7 Å². The van der Waals surface area contributed by atoms with Crippen LogP contribution in [0.4, 0.5) is 16.0 Å². The van der Waals surface area contributed by atoms with Crippen LogP contribution in [-0.4, -0.2) is 47.6 Å². The molecule has 5 rings (SSSR count). The fraction of sp³-hybridized carbons (Fsp3) is 0.318. The Hall–Kier alpha value is -4.02. The smallest absolute Gasteiger partial charge is 0.308 e. The van der Waals surface area contributed by atoms with Gasteiger partial charge in [-0.05, 0) is 31.0 Å². The minimum atomic E-state index is -0.843. The number of aromatic amines is 1. The van der Waals surface area contributed by atoms with Crippen molar-refractivity contribution in [1.82, 2.24) is 24.6 Å². The van der Waals surface area contributed by atoms with Gasteiger partial charge in [0, 0.05) is 30.1 Å². The number of carboxylic acids is 1. The van der Waals surface area contributed by atoms with Crippen molar-refractivity contribution in [2.45, 2.75) is 38.6 Å². The number of aliphatic carboxylic acids is 1. The van der Waals surface area contributed by atoms with Crippen LogP contribution in [0.3, 0.4) is 0 Å². The summed E-state index contributed by atoms with van der Waals surface area (Å²) in [5.41, 5.74) is 1.60.